The van der Waals surface area contributed by atoms with Gasteiger partial charge in [0, 0.05) is 5.69 Å². The van der Waals surface area contributed by atoms with Crippen molar-refractivity contribution in [2.45, 2.75) is 13.0 Å². The fourth-order valence-corrected chi connectivity index (χ4v) is 1.99. The molecule has 0 aliphatic heterocycles. The van der Waals surface area contributed by atoms with E-state index in [4.69, 9.17) is 4.74 Å². The molecule has 2 aromatic carbocycles. The molecule has 0 saturated heterocycles. The Morgan fingerprint density at radius 3 is 2.38 bits per heavy atom. The van der Waals surface area contributed by atoms with Crippen LogP contribution in [-0.4, -0.2) is 23.3 Å². The number of aliphatic carboxylic acids is 1. The number of aromatic hydroxyl groups is 1. The Hall–Kier alpha value is -2.69. The summed E-state index contributed by atoms with van der Waals surface area (Å²) in [5.41, 5.74) is 2.24. The Kier molecular flexibility index (Phi) is 4.33. The molecule has 0 fully saturated rings. The first kappa shape index (κ1) is 14.7. The van der Waals surface area contributed by atoms with Gasteiger partial charge in [0.2, 0.25) is 0 Å². The first-order valence-electron chi connectivity index (χ1n) is 6.44. The second-order valence-electron chi connectivity index (χ2n) is 4.71. The summed E-state index contributed by atoms with van der Waals surface area (Å²) in [6, 6.07) is 11.0. The van der Waals surface area contributed by atoms with E-state index in [0.717, 1.165) is 5.56 Å². The first-order chi connectivity index (χ1) is 10.0. The van der Waals surface area contributed by atoms with E-state index >= 15 is 0 Å². The lowest BCUT2D eigenvalue weighted by Gasteiger charge is -2.17. The van der Waals surface area contributed by atoms with E-state index in [1.54, 1.807) is 6.07 Å². The van der Waals surface area contributed by atoms with Crippen LogP contribution in [0.5, 0.6) is 11.5 Å². The molecule has 0 aliphatic rings. The maximum absolute atomic E-state index is 11.5. The summed E-state index contributed by atoms with van der Waals surface area (Å²) >= 11 is 0. The van der Waals surface area contributed by atoms with E-state index in [-0.39, 0.29) is 5.75 Å². The van der Waals surface area contributed by atoms with Gasteiger partial charge in [-0.3, -0.25) is 0 Å². The van der Waals surface area contributed by atoms with Crippen LogP contribution in [0.4, 0.5) is 5.69 Å². The minimum Gasteiger partial charge on any atom is -0.504 e. The van der Waals surface area contributed by atoms with Gasteiger partial charge in [-0.05, 0) is 36.8 Å². The van der Waals surface area contributed by atoms with Crippen LogP contribution in [0.15, 0.2) is 42.5 Å². The third-order valence-electron chi connectivity index (χ3n) is 3.15. The molecule has 2 aromatic rings. The third-order valence-corrected chi connectivity index (χ3v) is 3.15. The number of methoxy groups -OCH3 is 1. The van der Waals surface area contributed by atoms with Gasteiger partial charge in [0.1, 0.15) is 0 Å². The number of carbonyl (C=O) groups is 1. The molecule has 0 spiro atoms. The van der Waals surface area contributed by atoms with Gasteiger partial charge < -0.3 is 20.3 Å². The normalized spacial score (nSPS) is 11.7. The summed E-state index contributed by atoms with van der Waals surface area (Å²) in [5, 5.41) is 22.1. The van der Waals surface area contributed by atoms with Crippen molar-refractivity contribution in [2.24, 2.45) is 0 Å². The van der Waals surface area contributed by atoms with Crippen LogP contribution in [0.2, 0.25) is 0 Å². The molecule has 0 radical (unpaired) electrons. The monoisotopic (exact) mass is 287 g/mol. The van der Waals surface area contributed by atoms with Crippen molar-refractivity contribution >= 4 is 11.7 Å². The number of carboxylic acid groups (broad SMARTS) is 1. The van der Waals surface area contributed by atoms with E-state index in [1.807, 2.05) is 31.2 Å². The smallest absolute Gasteiger partial charge is 0.330 e. The summed E-state index contributed by atoms with van der Waals surface area (Å²) in [5.74, 6) is -0.815. The molecule has 1 unspecified atom stereocenters. The van der Waals surface area contributed by atoms with Crippen LogP contribution >= 0.6 is 0 Å². The number of carboxylic acids is 1. The Balaban J connectivity index is 2.28. The third kappa shape index (κ3) is 3.45. The summed E-state index contributed by atoms with van der Waals surface area (Å²) in [6.45, 7) is 1.96. The molecule has 0 saturated carbocycles. The number of phenols is 1. The Bertz CT molecular complexity index is 637. The molecule has 0 aromatic heterocycles. The maximum Gasteiger partial charge on any atom is 0.330 e. The van der Waals surface area contributed by atoms with Crippen LogP contribution in [0, 0.1) is 6.92 Å². The van der Waals surface area contributed by atoms with E-state index in [1.165, 1.54) is 19.2 Å². The average molecular weight is 287 g/mol. The van der Waals surface area contributed by atoms with Crippen LogP contribution < -0.4 is 10.1 Å². The van der Waals surface area contributed by atoms with Crippen LogP contribution in [0.25, 0.3) is 0 Å². The highest BCUT2D eigenvalue weighted by Gasteiger charge is 2.21. The number of nitrogens with one attached hydrogen (secondary N) is 1. The highest BCUT2D eigenvalue weighted by atomic mass is 16.5. The van der Waals surface area contributed by atoms with Crippen molar-refractivity contribution in [2.75, 3.05) is 12.4 Å². The molecule has 21 heavy (non-hydrogen) atoms. The van der Waals surface area contributed by atoms with E-state index in [2.05, 4.69) is 5.32 Å². The first-order valence-corrected chi connectivity index (χ1v) is 6.44. The Labute approximate surface area is 122 Å². The second kappa shape index (κ2) is 6.17. The van der Waals surface area contributed by atoms with Crippen molar-refractivity contribution in [1.29, 1.82) is 0 Å². The van der Waals surface area contributed by atoms with Crippen molar-refractivity contribution in [3.8, 4) is 11.5 Å². The van der Waals surface area contributed by atoms with Crippen molar-refractivity contribution < 1.29 is 19.7 Å². The highest BCUT2D eigenvalue weighted by Crippen LogP contribution is 2.30. The second-order valence-corrected chi connectivity index (χ2v) is 4.71. The van der Waals surface area contributed by atoms with Gasteiger partial charge in [-0.15, -0.1) is 0 Å². The highest BCUT2D eigenvalue weighted by molar-refractivity contribution is 5.79. The quantitative estimate of drug-likeness (QED) is 0.788. The molecule has 110 valence electrons. The number of anilines is 1. The van der Waals surface area contributed by atoms with Crippen LogP contribution in [0.1, 0.15) is 17.2 Å². The van der Waals surface area contributed by atoms with Crippen LogP contribution in [-0.2, 0) is 4.79 Å². The SMILES string of the molecule is COc1ccc(C(Nc2ccc(C)cc2)C(=O)O)cc1O. The fraction of sp³-hybridized carbons (Fsp3) is 0.188. The van der Waals surface area contributed by atoms with Gasteiger partial charge in [-0.25, -0.2) is 4.79 Å². The number of aryl methyl sites for hydroxylation is 1. The zero-order chi connectivity index (χ0) is 15.4. The predicted octanol–water partition coefficient (Wildman–Crippen LogP) is 2.95. The van der Waals surface area contributed by atoms with Crippen molar-refractivity contribution in [3.05, 3.63) is 53.6 Å². The Morgan fingerprint density at radius 2 is 1.86 bits per heavy atom. The predicted molar refractivity (Wildman–Crippen MR) is 79.8 cm³/mol. The van der Waals surface area contributed by atoms with Crippen molar-refractivity contribution in [3.63, 3.8) is 0 Å². The fourth-order valence-electron chi connectivity index (χ4n) is 1.99. The number of rotatable bonds is 5. The standard InChI is InChI=1S/C16H17NO4/c1-10-3-6-12(7-4-10)17-15(16(19)20)11-5-8-14(21-2)13(18)9-11/h3-9,15,17-18H,1-2H3,(H,19,20). The summed E-state index contributed by atoms with van der Waals surface area (Å²) in [6.07, 6.45) is 0. The molecule has 0 bridgehead atoms. The van der Waals surface area contributed by atoms with Gasteiger partial charge in [0.05, 0.1) is 7.11 Å². The minimum absolute atomic E-state index is 0.0908. The molecule has 1 atom stereocenters. The molecule has 0 heterocycles. The van der Waals surface area contributed by atoms with E-state index in [0.29, 0.717) is 17.0 Å². The van der Waals surface area contributed by atoms with Gasteiger partial charge >= 0.3 is 5.97 Å². The maximum atomic E-state index is 11.5. The molecule has 5 nitrogen and oxygen atoms in total. The minimum atomic E-state index is -1.03. The lowest BCUT2D eigenvalue weighted by Crippen LogP contribution is -2.20. The largest absolute Gasteiger partial charge is 0.504 e. The zero-order valence-corrected chi connectivity index (χ0v) is 11.8. The summed E-state index contributed by atoms with van der Waals surface area (Å²) in [4.78, 5) is 11.5. The van der Waals surface area contributed by atoms with Gasteiger partial charge in [-0.1, -0.05) is 23.8 Å². The molecule has 3 N–H and O–H groups in total. The van der Waals surface area contributed by atoms with E-state index < -0.39 is 12.0 Å². The van der Waals surface area contributed by atoms with E-state index in [9.17, 15) is 15.0 Å². The number of phenolic OH excluding ortho intramolecular Hbond substituents is 1. The van der Waals surface area contributed by atoms with Crippen molar-refractivity contribution in [1.82, 2.24) is 0 Å². The lowest BCUT2D eigenvalue weighted by molar-refractivity contribution is -0.138. The molecule has 2 rings (SSSR count). The number of hydrogen-bond acceptors (Lipinski definition) is 4. The van der Waals surface area contributed by atoms with Crippen LogP contribution in [0.3, 0.4) is 0 Å². The summed E-state index contributed by atoms with van der Waals surface area (Å²) < 4.78 is 4.95. The molecular formula is C16H17NO4. The topological polar surface area (TPSA) is 78.8 Å². The lowest BCUT2D eigenvalue weighted by atomic mass is 10.1. The molecular weight excluding hydrogens is 270 g/mol. The molecule has 0 amide bonds. The zero-order valence-electron chi connectivity index (χ0n) is 11.8. The Morgan fingerprint density at radius 1 is 1.19 bits per heavy atom. The van der Waals surface area contributed by atoms with Gasteiger partial charge in [0.15, 0.2) is 17.5 Å². The van der Waals surface area contributed by atoms with Gasteiger partial charge in [0.25, 0.3) is 0 Å². The summed E-state index contributed by atoms with van der Waals surface area (Å²) in [7, 11) is 1.44. The number of hydrogen-bond donors (Lipinski definition) is 3. The number of ether oxygens (including phenoxy) is 1. The molecule has 0 aliphatic carbocycles. The average Bonchev–Trinajstić information content (AvgIpc) is 2.46. The number of benzene rings is 2. The van der Waals surface area contributed by atoms with Gasteiger partial charge in [-0.2, -0.15) is 0 Å². The molecule has 5 heteroatoms.